The SMILES string of the molecule is CCCCCCCCCCCC[C]1C=CCC1. The van der Waals surface area contributed by atoms with E-state index in [-0.39, 0.29) is 0 Å². The monoisotopic (exact) mass is 235 g/mol. The van der Waals surface area contributed by atoms with Gasteiger partial charge in [0.25, 0.3) is 0 Å². The Hall–Kier alpha value is -0.260. The van der Waals surface area contributed by atoms with Crippen LogP contribution in [0.15, 0.2) is 12.2 Å². The van der Waals surface area contributed by atoms with Crippen LogP contribution in [-0.2, 0) is 0 Å². The van der Waals surface area contributed by atoms with Crippen LogP contribution in [0.25, 0.3) is 0 Å². The zero-order valence-electron chi connectivity index (χ0n) is 11.8. The summed E-state index contributed by atoms with van der Waals surface area (Å²) in [5.74, 6) is 1.70. The van der Waals surface area contributed by atoms with Crippen molar-refractivity contribution in [1.29, 1.82) is 0 Å². The maximum atomic E-state index is 2.35. The molecule has 0 atom stereocenters. The van der Waals surface area contributed by atoms with Crippen LogP contribution in [0.1, 0.15) is 90.4 Å². The number of allylic oxidation sites excluding steroid dienone is 2. The lowest BCUT2D eigenvalue weighted by atomic mass is 9.99. The van der Waals surface area contributed by atoms with E-state index in [0.29, 0.717) is 0 Å². The van der Waals surface area contributed by atoms with E-state index in [1.54, 1.807) is 5.92 Å². The molecular formula is C17H31. The molecule has 1 aliphatic carbocycles. The molecule has 0 nitrogen and oxygen atoms in total. The number of hydrogen-bond acceptors (Lipinski definition) is 0. The first-order valence-electron chi connectivity index (χ1n) is 7.94. The minimum absolute atomic E-state index is 1.30. The van der Waals surface area contributed by atoms with Crippen LogP contribution in [-0.4, -0.2) is 0 Å². The standard InChI is InChI=1S/C17H31/c1-2-3-4-5-6-7-8-9-10-11-14-17-15-12-13-16-17/h12,15H,2-11,13-14,16H2,1H3. The van der Waals surface area contributed by atoms with Crippen molar-refractivity contribution in [3.63, 3.8) is 0 Å². The molecule has 0 heterocycles. The summed E-state index contributed by atoms with van der Waals surface area (Å²) in [6, 6.07) is 0. The van der Waals surface area contributed by atoms with Crippen molar-refractivity contribution in [1.82, 2.24) is 0 Å². The molecule has 0 saturated carbocycles. The number of rotatable bonds is 11. The van der Waals surface area contributed by atoms with E-state index in [9.17, 15) is 0 Å². The van der Waals surface area contributed by atoms with E-state index < -0.39 is 0 Å². The zero-order chi connectivity index (χ0) is 12.2. The summed E-state index contributed by atoms with van der Waals surface area (Å²) >= 11 is 0. The second-order valence-electron chi connectivity index (χ2n) is 5.53. The van der Waals surface area contributed by atoms with Crippen molar-refractivity contribution >= 4 is 0 Å². The van der Waals surface area contributed by atoms with Crippen molar-refractivity contribution in [2.24, 2.45) is 0 Å². The fourth-order valence-electron chi connectivity index (χ4n) is 2.65. The van der Waals surface area contributed by atoms with Gasteiger partial charge >= 0.3 is 0 Å². The largest absolute Gasteiger partial charge is 0.0879 e. The highest BCUT2D eigenvalue weighted by Crippen LogP contribution is 2.25. The highest BCUT2D eigenvalue weighted by atomic mass is 14.1. The third-order valence-corrected chi connectivity index (χ3v) is 3.84. The van der Waals surface area contributed by atoms with Gasteiger partial charge in [0.15, 0.2) is 0 Å². The lowest BCUT2D eigenvalue weighted by Gasteiger charge is -2.06. The maximum absolute atomic E-state index is 2.35. The number of hydrogen-bond donors (Lipinski definition) is 0. The second kappa shape index (κ2) is 10.9. The molecule has 0 saturated heterocycles. The fourth-order valence-corrected chi connectivity index (χ4v) is 2.65. The molecule has 1 rings (SSSR count). The Bertz CT molecular complexity index is 180. The van der Waals surface area contributed by atoms with Crippen LogP contribution in [0.5, 0.6) is 0 Å². The number of unbranched alkanes of at least 4 members (excludes halogenated alkanes) is 9. The maximum Gasteiger partial charge on any atom is -0.00243 e. The van der Waals surface area contributed by atoms with Crippen LogP contribution in [0.4, 0.5) is 0 Å². The normalized spacial score (nSPS) is 15.8. The average molecular weight is 235 g/mol. The molecule has 17 heavy (non-hydrogen) atoms. The van der Waals surface area contributed by atoms with E-state index in [1.807, 2.05) is 0 Å². The Morgan fingerprint density at radius 1 is 0.824 bits per heavy atom. The van der Waals surface area contributed by atoms with Gasteiger partial charge in [-0.3, -0.25) is 0 Å². The molecule has 0 aromatic rings. The summed E-state index contributed by atoms with van der Waals surface area (Å²) < 4.78 is 0. The van der Waals surface area contributed by atoms with Gasteiger partial charge in [-0.25, -0.2) is 0 Å². The van der Waals surface area contributed by atoms with Crippen molar-refractivity contribution in [3.8, 4) is 0 Å². The van der Waals surface area contributed by atoms with Crippen molar-refractivity contribution in [3.05, 3.63) is 18.1 Å². The van der Waals surface area contributed by atoms with E-state index in [0.717, 1.165) is 0 Å². The molecule has 99 valence electrons. The molecular weight excluding hydrogens is 204 g/mol. The Labute approximate surface area is 109 Å². The Balaban J connectivity index is 1.71. The van der Waals surface area contributed by atoms with Gasteiger partial charge in [0, 0.05) is 0 Å². The topological polar surface area (TPSA) is 0 Å². The Morgan fingerprint density at radius 3 is 1.94 bits per heavy atom. The summed E-state index contributed by atoms with van der Waals surface area (Å²) in [7, 11) is 0. The van der Waals surface area contributed by atoms with Gasteiger partial charge in [0.05, 0.1) is 0 Å². The third-order valence-electron chi connectivity index (χ3n) is 3.84. The summed E-state index contributed by atoms with van der Waals surface area (Å²) in [4.78, 5) is 0. The molecule has 0 aromatic heterocycles. The molecule has 0 unspecified atom stereocenters. The smallest absolute Gasteiger partial charge is 0.00243 e. The zero-order valence-corrected chi connectivity index (χ0v) is 11.8. The second-order valence-corrected chi connectivity index (χ2v) is 5.53. The van der Waals surface area contributed by atoms with E-state index in [2.05, 4.69) is 19.1 Å². The third kappa shape index (κ3) is 8.46. The Kier molecular flexibility index (Phi) is 9.46. The first-order chi connectivity index (χ1) is 8.43. The van der Waals surface area contributed by atoms with Gasteiger partial charge < -0.3 is 0 Å². The van der Waals surface area contributed by atoms with Crippen LogP contribution in [0, 0.1) is 5.92 Å². The van der Waals surface area contributed by atoms with Gasteiger partial charge in [-0.15, -0.1) is 0 Å². The molecule has 0 bridgehead atoms. The first-order valence-corrected chi connectivity index (χ1v) is 7.94. The van der Waals surface area contributed by atoms with Gasteiger partial charge in [0.1, 0.15) is 0 Å². The fraction of sp³-hybridized carbons (Fsp3) is 0.824. The summed E-state index contributed by atoms with van der Waals surface area (Å²) in [5.41, 5.74) is 0. The lowest BCUT2D eigenvalue weighted by molar-refractivity contribution is 0.551. The summed E-state index contributed by atoms with van der Waals surface area (Å²) in [6.45, 7) is 2.29. The van der Waals surface area contributed by atoms with Crippen LogP contribution >= 0.6 is 0 Å². The van der Waals surface area contributed by atoms with Crippen LogP contribution in [0.3, 0.4) is 0 Å². The molecule has 0 N–H and O–H groups in total. The van der Waals surface area contributed by atoms with Gasteiger partial charge in [0.2, 0.25) is 0 Å². The lowest BCUT2D eigenvalue weighted by Crippen LogP contribution is -1.89. The predicted molar refractivity (Wildman–Crippen MR) is 78.1 cm³/mol. The van der Waals surface area contributed by atoms with Crippen LogP contribution in [0.2, 0.25) is 0 Å². The predicted octanol–water partition coefficient (Wildman–Crippen LogP) is 6.22. The van der Waals surface area contributed by atoms with Gasteiger partial charge in [-0.1, -0.05) is 83.3 Å². The van der Waals surface area contributed by atoms with Crippen molar-refractivity contribution in [2.75, 3.05) is 0 Å². The first kappa shape index (κ1) is 14.8. The molecule has 0 fully saturated rings. The highest BCUT2D eigenvalue weighted by molar-refractivity contribution is 5.15. The summed E-state index contributed by atoms with van der Waals surface area (Å²) in [6.07, 6.45) is 23.2. The molecule has 1 radical (unpaired) electrons. The quantitative estimate of drug-likeness (QED) is 0.373. The molecule has 1 aliphatic rings. The average Bonchev–Trinajstić information content (AvgIpc) is 2.85. The molecule has 0 aliphatic heterocycles. The highest BCUT2D eigenvalue weighted by Gasteiger charge is 2.08. The Morgan fingerprint density at radius 2 is 1.41 bits per heavy atom. The molecule has 0 spiro atoms. The van der Waals surface area contributed by atoms with E-state index in [4.69, 9.17) is 0 Å². The van der Waals surface area contributed by atoms with Crippen molar-refractivity contribution in [2.45, 2.75) is 90.4 Å². The minimum atomic E-state index is 1.30. The van der Waals surface area contributed by atoms with E-state index >= 15 is 0 Å². The molecule has 0 aromatic carbocycles. The van der Waals surface area contributed by atoms with Gasteiger partial charge in [-0.2, -0.15) is 0 Å². The minimum Gasteiger partial charge on any atom is -0.0879 e. The molecule has 0 amide bonds. The van der Waals surface area contributed by atoms with Crippen LogP contribution < -0.4 is 0 Å². The summed E-state index contributed by atoms with van der Waals surface area (Å²) in [5, 5.41) is 0. The van der Waals surface area contributed by atoms with Crippen molar-refractivity contribution < 1.29 is 0 Å². The molecule has 0 heteroatoms. The van der Waals surface area contributed by atoms with E-state index in [1.165, 1.54) is 83.5 Å². The van der Waals surface area contributed by atoms with Gasteiger partial charge in [-0.05, 0) is 25.2 Å².